The van der Waals surface area contributed by atoms with Crippen LogP contribution in [0, 0.1) is 5.92 Å². The largest absolute Gasteiger partial charge is 0.493 e. The molecule has 0 radical (unpaired) electrons. The fourth-order valence-corrected chi connectivity index (χ4v) is 3.59. The fraction of sp³-hybridized carbons (Fsp3) is 0.562. The minimum Gasteiger partial charge on any atom is -0.493 e. The molecule has 1 saturated heterocycles. The van der Waals surface area contributed by atoms with Crippen molar-refractivity contribution in [2.45, 2.75) is 32.7 Å². The molecule has 0 saturated carbocycles. The van der Waals surface area contributed by atoms with Crippen LogP contribution in [0.4, 0.5) is 0 Å². The van der Waals surface area contributed by atoms with Crippen LogP contribution in [0.2, 0.25) is 5.02 Å². The van der Waals surface area contributed by atoms with E-state index in [4.69, 9.17) is 21.5 Å². The van der Waals surface area contributed by atoms with Gasteiger partial charge in [-0.3, -0.25) is 4.90 Å². The predicted octanol–water partition coefficient (Wildman–Crippen LogP) is 3.34. The number of halogens is 1. The van der Waals surface area contributed by atoms with Crippen LogP contribution in [-0.4, -0.2) is 35.5 Å². The van der Waals surface area contributed by atoms with Gasteiger partial charge in [-0.1, -0.05) is 23.7 Å². The molecule has 3 rings (SSSR count). The van der Waals surface area contributed by atoms with Gasteiger partial charge >= 0.3 is 0 Å². The molecule has 1 aromatic carbocycles. The summed E-state index contributed by atoms with van der Waals surface area (Å²) < 4.78 is 5.77. The Morgan fingerprint density at radius 1 is 1.43 bits per heavy atom. The molecule has 2 aliphatic rings. The van der Waals surface area contributed by atoms with Crippen molar-refractivity contribution < 1.29 is 9.94 Å². The lowest BCUT2D eigenvalue weighted by molar-refractivity contribution is 0.217. The van der Waals surface area contributed by atoms with Crippen LogP contribution >= 0.6 is 11.6 Å². The Kier molecular flexibility index (Phi) is 4.36. The van der Waals surface area contributed by atoms with Crippen LogP contribution in [-0.2, 0) is 13.0 Å². The zero-order valence-electron chi connectivity index (χ0n) is 12.3. The molecule has 1 aromatic rings. The lowest BCUT2D eigenvalue weighted by Gasteiger charge is -2.33. The Morgan fingerprint density at radius 2 is 2.29 bits per heavy atom. The number of oxime groups is 1. The molecule has 21 heavy (non-hydrogen) atoms. The smallest absolute Gasteiger partial charge is 0.127 e. The number of hydrogen-bond donors (Lipinski definition) is 1. The van der Waals surface area contributed by atoms with E-state index in [-0.39, 0.29) is 0 Å². The predicted molar refractivity (Wildman–Crippen MR) is 83.5 cm³/mol. The third-order valence-electron chi connectivity index (χ3n) is 4.47. The summed E-state index contributed by atoms with van der Waals surface area (Å²) in [6.45, 7) is 5.58. The molecule has 0 spiro atoms. The molecule has 0 bridgehead atoms. The third-order valence-corrected chi connectivity index (χ3v) is 4.69. The molecule has 4 nitrogen and oxygen atoms in total. The summed E-state index contributed by atoms with van der Waals surface area (Å²) in [5, 5.41) is 13.3. The second-order valence-electron chi connectivity index (χ2n) is 5.83. The minimum atomic E-state index is 0.344. The molecular weight excluding hydrogens is 288 g/mol. The zero-order valence-corrected chi connectivity index (χ0v) is 13.1. The zero-order chi connectivity index (χ0) is 14.8. The lowest BCUT2D eigenvalue weighted by atomic mass is 9.93. The van der Waals surface area contributed by atoms with E-state index in [1.807, 2.05) is 12.1 Å². The first-order chi connectivity index (χ1) is 10.2. The van der Waals surface area contributed by atoms with E-state index in [1.54, 1.807) is 0 Å². The molecule has 2 heterocycles. The SMILES string of the molecule is CCC1CN(Cc2cc(Cl)cc3c2OCC3)CC/C1=N\O. The Balaban J connectivity index is 1.76. The molecule has 0 aliphatic carbocycles. The van der Waals surface area contributed by atoms with Gasteiger partial charge in [-0.2, -0.15) is 0 Å². The van der Waals surface area contributed by atoms with Gasteiger partial charge in [0.1, 0.15) is 5.75 Å². The van der Waals surface area contributed by atoms with Gasteiger partial charge in [0.05, 0.1) is 12.3 Å². The number of piperidine rings is 1. The average molecular weight is 309 g/mol. The van der Waals surface area contributed by atoms with Crippen LogP contribution in [0.3, 0.4) is 0 Å². The van der Waals surface area contributed by atoms with Crippen LogP contribution in [0.25, 0.3) is 0 Å². The Hall–Kier alpha value is -1.26. The molecule has 0 amide bonds. The summed E-state index contributed by atoms with van der Waals surface area (Å²) in [5.74, 6) is 1.37. The van der Waals surface area contributed by atoms with Gasteiger partial charge in [0, 0.05) is 49.0 Å². The molecular formula is C16H21ClN2O2. The van der Waals surface area contributed by atoms with E-state index in [9.17, 15) is 0 Å². The Bertz CT molecular complexity index is 559. The standard InChI is InChI=1S/C16H21ClN2O2/c1-2-11-9-19(5-3-15(11)18-20)10-13-8-14(17)7-12-4-6-21-16(12)13/h7-8,11,20H,2-6,9-10H2,1H3/b18-15+. The van der Waals surface area contributed by atoms with Gasteiger partial charge in [-0.15, -0.1) is 0 Å². The van der Waals surface area contributed by atoms with E-state index in [2.05, 4.69) is 17.0 Å². The van der Waals surface area contributed by atoms with Crippen LogP contribution in [0.1, 0.15) is 30.9 Å². The number of fused-ring (bicyclic) bond motifs is 1. The molecule has 1 N–H and O–H groups in total. The van der Waals surface area contributed by atoms with Crippen molar-refractivity contribution in [2.75, 3.05) is 19.7 Å². The molecule has 1 atom stereocenters. The van der Waals surface area contributed by atoms with Crippen molar-refractivity contribution >= 4 is 17.3 Å². The number of likely N-dealkylation sites (tertiary alicyclic amines) is 1. The highest BCUT2D eigenvalue weighted by atomic mass is 35.5. The van der Waals surface area contributed by atoms with Crippen molar-refractivity contribution in [1.82, 2.24) is 4.90 Å². The average Bonchev–Trinajstić information content (AvgIpc) is 2.95. The highest BCUT2D eigenvalue weighted by Gasteiger charge is 2.26. The summed E-state index contributed by atoms with van der Waals surface area (Å²) in [4.78, 5) is 2.40. The molecule has 0 aromatic heterocycles. The van der Waals surface area contributed by atoms with Crippen molar-refractivity contribution in [2.24, 2.45) is 11.1 Å². The van der Waals surface area contributed by atoms with Crippen molar-refractivity contribution in [3.63, 3.8) is 0 Å². The van der Waals surface area contributed by atoms with Crippen LogP contribution < -0.4 is 4.74 Å². The first kappa shape index (κ1) is 14.7. The Labute approximate surface area is 130 Å². The second kappa shape index (κ2) is 6.24. The molecule has 2 aliphatic heterocycles. The summed E-state index contributed by atoms with van der Waals surface area (Å²) >= 11 is 6.22. The van der Waals surface area contributed by atoms with E-state index in [0.29, 0.717) is 5.92 Å². The maximum atomic E-state index is 9.06. The van der Waals surface area contributed by atoms with Gasteiger partial charge in [0.25, 0.3) is 0 Å². The third kappa shape index (κ3) is 3.01. The van der Waals surface area contributed by atoms with Gasteiger partial charge in [0.15, 0.2) is 0 Å². The maximum Gasteiger partial charge on any atom is 0.127 e. The topological polar surface area (TPSA) is 45.1 Å². The number of benzene rings is 1. The highest BCUT2D eigenvalue weighted by Crippen LogP contribution is 2.34. The summed E-state index contributed by atoms with van der Waals surface area (Å²) in [7, 11) is 0. The van der Waals surface area contributed by atoms with Gasteiger partial charge < -0.3 is 9.94 Å². The normalized spacial score (nSPS) is 24.1. The summed E-state index contributed by atoms with van der Waals surface area (Å²) in [6, 6.07) is 4.03. The number of ether oxygens (including phenoxy) is 1. The summed E-state index contributed by atoms with van der Waals surface area (Å²) in [5.41, 5.74) is 3.33. The van der Waals surface area contributed by atoms with E-state index in [1.165, 1.54) is 11.1 Å². The van der Waals surface area contributed by atoms with Crippen molar-refractivity contribution in [1.29, 1.82) is 0 Å². The van der Waals surface area contributed by atoms with E-state index < -0.39 is 0 Å². The first-order valence-electron chi connectivity index (χ1n) is 7.58. The molecule has 1 unspecified atom stereocenters. The number of hydrogen-bond acceptors (Lipinski definition) is 4. The number of rotatable bonds is 3. The number of nitrogens with zero attached hydrogens (tertiary/aromatic N) is 2. The monoisotopic (exact) mass is 308 g/mol. The van der Waals surface area contributed by atoms with Crippen LogP contribution in [0.15, 0.2) is 17.3 Å². The first-order valence-corrected chi connectivity index (χ1v) is 7.96. The van der Waals surface area contributed by atoms with E-state index in [0.717, 1.165) is 62.0 Å². The fourth-order valence-electron chi connectivity index (χ4n) is 3.33. The second-order valence-corrected chi connectivity index (χ2v) is 6.27. The quantitative estimate of drug-likeness (QED) is 0.688. The van der Waals surface area contributed by atoms with Gasteiger partial charge in [-0.25, -0.2) is 0 Å². The lowest BCUT2D eigenvalue weighted by Crippen LogP contribution is -2.40. The van der Waals surface area contributed by atoms with Crippen molar-refractivity contribution in [3.8, 4) is 5.75 Å². The van der Waals surface area contributed by atoms with Gasteiger partial charge in [0.2, 0.25) is 0 Å². The summed E-state index contributed by atoms with van der Waals surface area (Å²) in [6.07, 6.45) is 2.78. The minimum absolute atomic E-state index is 0.344. The maximum absolute atomic E-state index is 9.06. The van der Waals surface area contributed by atoms with Crippen molar-refractivity contribution in [3.05, 3.63) is 28.3 Å². The highest BCUT2D eigenvalue weighted by molar-refractivity contribution is 6.30. The van der Waals surface area contributed by atoms with Gasteiger partial charge in [-0.05, 0) is 24.1 Å². The molecule has 114 valence electrons. The Morgan fingerprint density at radius 3 is 3.05 bits per heavy atom. The molecule has 1 fully saturated rings. The van der Waals surface area contributed by atoms with Crippen LogP contribution in [0.5, 0.6) is 5.75 Å². The van der Waals surface area contributed by atoms with E-state index >= 15 is 0 Å². The molecule has 5 heteroatoms.